The van der Waals surface area contributed by atoms with Gasteiger partial charge in [-0.05, 0) is 36.2 Å². The van der Waals surface area contributed by atoms with Crippen LogP contribution >= 0.6 is 11.6 Å². The third kappa shape index (κ3) is 3.91. The van der Waals surface area contributed by atoms with E-state index in [1.165, 1.54) is 0 Å². The number of aryl methyl sites for hydroxylation is 1. The van der Waals surface area contributed by atoms with E-state index in [4.69, 9.17) is 21.7 Å². The predicted molar refractivity (Wildman–Crippen MR) is 134 cm³/mol. The fourth-order valence-electron chi connectivity index (χ4n) is 4.59. The number of benzene rings is 3. The molecular formula is C28H24ClN3O. The number of halogens is 1. The largest absolute Gasteiger partial charge is 0.273 e. The van der Waals surface area contributed by atoms with E-state index < -0.39 is 0 Å². The topological polar surface area (TPSA) is 45.6 Å². The minimum atomic E-state index is -0.127. The smallest absolute Gasteiger partial charge is 0.242 e. The zero-order chi connectivity index (χ0) is 22.9. The molecule has 0 N–H and O–H groups in total. The summed E-state index contributed by atoms with van der Waals surface area (Å²) in [7, 11) is 0. The zero-order valence-electron chi connectivity index (χ0n) is 18.6. The van der Waals surface area contributed by atoms with E-state index in [2.05, 4.69) is 18.2 Å². The number of fused-ring (bicyclic) bond motifs is 1. The number of carbonyl (C=O) groups is 1. The van der Waals surface area contributed by atoms with Crippen LogP contribution in [0.1, 0.15) is 42.6 Å². The summed E-state index contributed by atoms with van der Waals surface area (Å²) in [6.45, 7) is 3.89. The SMILES string of the molecule is CCC(=O)N1N=C(c2c(C)nc3ccccc3c2-c2ccc(Cl)cc2)C[C@@H]1c1ccccc1. The standard InChI is InChI=1S/C28H24ClN3O/c1-3-26(33)32-25(19-9-5-4-6-10-19)17-24(31-32)27-18(2)30-23-12-8-7-11-22(23)28(27)20-13-15-21(29)16-14-20/h4-16,25H,3,17H2,1-2H3/t25-/m1/s1. The first-order chi connectivity index (χ1) is 16.1. The molecule has 1 aliphatic heterocycles. The van der Waals surface area contributed by atoms with Crippen LogP contribution in [-0.4, -0.2) is 21.6 Å². The van der Waals surface area contributed by atoms with Gasteiger partial charge in [0.15, 0.2) is 0 Å². The summed E-state index contributed by atoms with van der Waals surface area (Å²) in [5.74, 6) is 0.0123. The Labute approximate surface area is 198 Å². The van der Waals surface area contributed by atoms with E-state index in [0.717, 1.165) is 44.6 Å². The van der Waals surface area contributed by atoms with Crippen molar-refractivity contribution >= 4 is 34.1 Å². The minimum absolute atomic E-state index is 0.0123. The van der Waals surface area contributed by atoms with Gasteiger partial charge in [-0.1, -0.05) is 79.2 Å². The molecule has 5 rings (SSSR count). The number of hydrogen-bond donors (Lipinski definition) is 0. The second-order valence-electron chi connectivity index (χ2n) is 8.24. The van der Waals surface area contributed by atoms with Crippen molar-refractivity contribution in [3.05, 3.63) is 101 Å². The molecule has 0 radical (unpaired) electrons. The van der Waals surface area contributed by atoms with Crippen molar-refractivity contribution in [2.45, 2.75) is 32.7 Å². The number of carbonyl (C=O) groups excluding carboxylic acids is 1. The van der Waals surface area contributed by atoms with Crippen LogP contribution in [0.5, 0.6) is 0 Å². The van der Waals surface area contributed by atoms with Crippen molar-refractivity contribution < 1.29 is 4.79 Å². The van der Waals surface area contributed by atoms with Crippen molar-refractivity contribution in [1.29, 1.82) is 0 Å². The molecule has 4 nitrogen and oxygen atoms in total. The van der Waals surface area contributed by atoms with Crippen LogP contribution in [0.2, 0.25) is 5.02 Å². The molecule has 1 aliphatic rings. The van der Waals surface area contributed by atoms with Gasteiger partial charge in [-0.25, -0.2) is 5.01 Å². The lowest BCUT2D eigenvalue weighted by Gasteiger charge is -2.21. The van der Waals surface area contributed by atoms with Crippen LogP contribution in [0.25, 0.3) is 22.0 Å². The number of amides is 1. The van der Waals surface area contributed by atoms with Crippen molar-refractivity contribution in [2.24, 2.45) is 5.10 Å². The summed E-state index contributed by atoms with van der Waals surface area (Å²) >= 11 is 6.19. The summed E-state index contributed by atoms with van der Waals surface area (Å²) in [6.07, 6.45) is 1.04. The van der Waals surface area contributed by atoms with Gasteiger partial charge in [0.05, 0.1) is 17.3 Å². The summed E-state index contributed by atoms with van der Waals surface area (Å²) in [5.41, 5.74) is 6.91. The summed E-state index contributed by atoms with van der Waals surface area (Å²) < 4.78 is 0. The van der Waals surface area contributed by atoms with E-state index in [1.807, 2.05) is 74.5 Å². The molecule has 2 heterocycles. The molecule has 3 aromatic carbocycles. The zero-order valence-corrected chi connectivity index (χ0v) is 19.4. The second-order valence-corrected chi connectivity index (χ2v) is 8.68. The summed E-state index contributed by atoms with van der Waals surface area (Å²) in [6, 6.07) is 26.0. The first-order valence-electron chi connectivity index (χ1n) is 11.2. The maximum Gasteiger partial charge on any atom is 0.242 e. The van der Waals surface area contributed by atoms with Gasteiger partial charge in [-0.2, -0.15) is 5.10 Å². The Balaban J connectivity index is 1.73. The Kier molecular flexibility index (Phi) is 5.69. The molecule has 4 aromatic rings. The number of hydrogen-bond acceptors (Lipinski definition) is 3. The molecule has 0 saturated carbocycles. The van der Waals surface area contributed by atoms with Crippen LogP contribution in [0.4, 0.5) is 0 Å². The Morgan fingerprint density at radius 1 is 0.970 bits per heavy atom. The Morgan fingerprint density at radius 3 is 2.39 bits per heavy atom. The van der Waals surface area contributed by atoms with Gasteiger partial charge in [-0.3, -0.25) is 9.78 Å². The van der Waals surface area contributed by atoms with E-state index in [0.29, 0.717) is 17.9 Å². The maximum absolute atomic E-state index is 12.9. The van der Waals surface area contributed by atoms with Gasteiger partial charge in [0, 0.05) is 40.1 Å². The highest BCUT2D eigenvalue weighted by Gasteiger charge is 2.34. The molecule has 0 fully saturated rings. The van der Waals surface area contributed by atoms with Gasteiger partial charge in [0.25, 0.3) is 0 Å². The van der Waals surface area contributed by atoms with E-state index in [9.17, 15) is 4.79 Å². The lowest BCUT2D eigenvalue weighted by atomic mass is 9.89. The van der Waals surface area contributed by atoms with Crippen LogP contribution in [0, 0.1) is 6.92 Å². The second kappa shape index (κ2) is 8.80. The van der Waals surface area contributed by atoms with Crippen LogP contribution in [0.15, 0.2) is 84.0 Å². The van der Waals surface area contributed by atoms with Crippen molar-refractivity contribution in [3.63, 3.8) is 0 Å². The van der Waals surface area contributed by atoms with Gasteiger partial charge in [0.2, 0.25) is 5.91 Å². The van der Waals surface area contributed by atoms with Crippen LogP contribution < -0.4 is 0 Å². The van der Waals surface area contributed by atoms with Gasteiger partial charge >= 0.3 is 0 Å². The number of rotatable bonds is 4. The first kappa shape index (κ1) is 21.4. The average Bonchev–Trinajstić information content (AvgIpc) is 3.29. The molecule has 33 heavy (non-hydrogen) atoms. The highest BCUT2D eigenvalue weighted by atomic mass is 35.5. The van der Waals surface area contributed by atoms with Crippen LogP contribution in [0.3, 0.4) is 0 Å². The number of aromatic nitrogens is 1. The Hall–Kier alpha value is -3.50. The van der Waals surface area contributed by atoms with Crippen molar-refractivity contribution in [2.75, 3.05) is 0 Å². The van der Waals surface area contributed by atoms with Gasteiger partial charge in [0.1, 0.15) is 0 Å². The number of nitrogens with zero attached hydrogens (tertiary/aromatic N) is 3. The molecule has 1 atom stereocenters. The maximum atomic E-state index is 12.9. The molecule has 5 heteroatoms. The lowest BCUT2D eigenvalue weighted by Crippen LogP contribution is -2.26. The van der Waals surface area contributed by atoms with Gasteiger partial charge in [-0.15, -0.1) is 0 Å². The van der Waals surface area contributed by atoms with E-state index in [1.54, 1.807) is 5.01 Å². The third-order valence-electron chi connectivity index (χ3n) is 6.15. The van der Waals surface area contributed by atoms with Gasteiger partial charge < -0.3 is 0 Å². The number of hydrazone groups is 1. The number of para-hydroxylation sites is 1. The molecule has 0 saturated heterocycles. The molecule has 1 amide bonds. The molecule has 0 spiro atoms. The van der Waals surface area contributed by atoms with Crippen LogP contribution in [-0.2, 0) is 4.79 Å². The molecule has 0 bridgehead atoms. The summed E-state index contributed by atoms with van der Waals surface area (Å²) in [5, 5.41) is 8.30. The monoisotopic (exact) mass is 453 g/mol. The first-order valence-corrected chi connectivity index (χ1v) is 11.5. The fourth-order valence-corrected chi connectivity index (χ4v) is 4.72. The third-order valence-corrected chi connectivity index (χ3v) is 6.40. The lowest BCUT2D eigenvalue weighted by molar-refractivity contribution is -0.132. The highest BCUT2D eigenvalue weighted by molar-refractivity contribution is 6.30. The molecule has 0 aliphatic carbocycles. The quantitative estimate of drug-likeness (QED) is 0.335. The highest BCUT2D eigenvalue weighted by Crippen LogP contribution is 2.39. The molecule has 0 unspecified atom stereocenters. The normalized spacial score (nSPS) is 15.7. The van der Waals surface area contributed by atoms with E-state index in [-0.39, 0.29) is 11.9 Å². The van der Waals surface area contributed by atoms with E-state index >= 15 is 0 Å². The molecule has 1 aromatic heterocycles. The number of pyridine rings is 1. The average molecular weight is 454 g/mol. The fraction of sp³-hybridized carbons (Fsp3) is 0.179. The minimum Gasteiger partial charge on any atom is -0.273 e. The Bertz CT molecular complexity index is 1360. The summed E-state index contributed by atoms with van der Waals surface area (Å²) in [4.78, 5) is 17.8. The predicted octanol–water partition coefficient (Wildman–Crippen LogP) is 6.95. The van der Waals surface area contributed by atoms with Crippen molar-refractivity contribution in [1.82, 2.24) is 9.99 Å². The molecular weight excluding hydrogens is 430 g/mol. The molecule has 164 valence electrons. The Morgan fingerprint density at radius 2 is 1.67 bits per heavy atom. The van der Waals surface area contributed by atoms with Crippen molar-refractivity contribution in [3.8, 4) is 11.1 Å².